The molecule has 0 atom stereocenters. The lowest BCUT2D eigenvalue weighted by Crippen LogP contribution is -2.54. The van der Waals surface area contributed by atoms with Crippen LogP contribution < -0.4 is 5.32 Å². The van der Waals surface area contributed by atoms with Gasteiger partial charge in [-0.3, -0.25) is 0 Å². The number of halogens is 2. The standard InChI is InChI=1S/C11H21F2NO/c1-9(2,3)6-14-7-10(8-15)4-11(12,13)5-10/h14-15H,4-8H2,1-3H3. The molecule has 0 aromatic rings. The minimum absolute atomic E-state index is 0.142. The van der Waals surface area contributed by atoms with E-state index in [1.807, 2.05) is 0 Å². The number of aliphatic hydroxyl groups is 1. The van der Waals surface area contributed by atoms with Crippen molar-refractivity contribution in [3.63, 3.8) is 0 Å². The summed E-state index contributed by atoms with van der Waals surface area (Å²) in [6, 6.07) is 0. The predicted octanol–water partition coefficient (Wildman–Crippen LogP) is 2.03. The Kier molecular flexibility index (Phi) is 3.41. The van der Waals surface area contributed by atoms with Crippen molar-refractivity contribution in [2.24, 2.45) is 10.8 Å². The first-order valence-corrected chi connectivity index (χ1v) is 5.38. The molecule has 4 heteroatoms. The molecule has 1 aliphatic rings. The Labute approximate surface area is 90.1 Å². The molecule has 0 bridgehead atoms. The molecule has 1 fully saturated rings. The van der Waals surface area contributed by atoms with Crippen LogP contribution in [-0.2, 0) is 0 Å². The molecule has 0 saturated heterocycles. The summed E-state index contributed by atoms with van der Waals surface area (Å²) >= 11 is 0. The third-order valence-corrected chi connectivity index (χ3v) is 2.76. The Morgan fingerprint density at radius 2 is 1.80 bits per heavy atom. The zero-order chi connectivity index (χ0) is 11.7. The van der Waals surface area contributed by atoms with Gasteiger partial charge in [-0.2, -0.15) is 0 Å². The molecule has 0 heterocycles. The second kappa shape index (κ2) is 3.98. The van der Waals surface area contributed by atoms with E-state index in [4.69, 9.17) is 5.11 Å². The van der Waals surface area contributed by atoms with Crippen molar-refractivity contribution in [3.8, 4) is 0 Å². The van der Waals surface area contributed by atoms with Gasteiger partial charge in [0.25, 0.3) is 0 Å². The molecule has 2 nitrogen and oxygen atoms in total. The van der Waals surface area contributed by atoms with E-state index in [0.717, 1.165) is 6.54 Å². The van der Waals surface area contributed by atoms with Gasteiger partial charge in [0, 0.05) is 31.3 Å². The van der Waals surface area contributed by atoms with Crippen LogP contribution in [0.25, 0.3) is 0 Å². The summed E-state index contributed by atoms with van der Waals surface area (Å²) in [5.74, 6) is -2.56. The van der Waals surface area contributed by atoms with E-state index < -0.39 is 11.3 Å². The summed E-state index contributed by atoms with van der Waals surface area (Å²) in [6.45, 7) is 7.36. The third kappa shape index (κ3) is 3.68. The summed E-state index contributed by atoms with van der Waals surface area (Å²) in [5, 5.41) is 12.3. The molecule has 0 unspecified atom stereocenters. The van der Waals surface area contributed by atoms with Gasteiger partial charge in [0.2, 0.25) is 5.92 Å². The van der Waals surface area contributed by atoms with Gasteiger partial charge in [-0.1, -0.05) is 20.8 Å². The lowest BCUT2D eigenvalue weighted by Gasteiger charge is -2.46. The second-order valence-corrected chi connectivity index (χ2v) is 6.03. The van der Waals surface area contributed by atoms with Crippen LogP contribution >= 0.6 is 0 Å². The number of hydrogen-bond donors (Lipinski definition) is 2. The first kappa shape index (κ1) is 12.8. The van der Waals surface area contributed by atoms with Crippen LogP contribution in [0.1, 0.15) is 33.6 Å². The molecule has 1 saturated carbocycles. The maximum atomic E-state index is 12.7. The Morgan fingerprint density at radius 1 is 1.27 bits per heavy atom. The van der Waals surface area contributed by atoms with Crippen molar-refractivity contribution in [3.05, 3.63) is 0 Å². The largest absolute Gasteiger partial charge is 0.396 e. The molecular formula is C11H21F2NO. The Balaban J connectivity index is 2.31. The van der Waals surface area contributed by atoms with Gasteiger partial charge in [0.1, 0.15) is 0 Å². The molecule has 1 rings (SSSR count). The Hall–Kier alpha value is -0.220. The van der Waals surface area contributed by atoms with E-state index in [1.165, 1.54) is 0 Å². The molecular weight excluding hydrogens is 200 g/mol. The van der Waals surface area contributed by atoms with Crippen molar-refractivity contribution in [1.29, 1.82) is 0 Å². The molecule has 15 heavy (non-hydrogen) atoms. The predicted molar refractivity (Wildman–Crippen MR) is 56.0 cm³/mol. The van der Waals surface area contributed by atoms with E-state index in [1.54, 1.807) is 0 Å². The van der Waals surface area contributed by atoms with Gasteiger partial charge in [-0.15, -0.1) is 0 Å². The molecule has 2 N–H and O–H groups in total. The van der Waals surface area contributed by atoms with E-state index in [9.17, 15) is 8.78 Å². The SMILES string of the molecule is CC(C)(C)CNCC1(CO)CC(F)(F)C1. The fourth-order valence-electron chi connectivity index (χ4n) is 2.04. The average Bonchev–Trinajstić information content (AvgIpc) is 1.97. The number of rotatable bonds is 4. The quantitative estimate of drug-likeness (QED) is 0.761. The molecule has 0 aromatic carbocycles. The van der Waals surface area contributed by atoms with Crippen molar-refractivity contribution < 1.29 is 13.9 Å². The first-order valence-electron chi connectivity index (χ1n) is 5.38. The fraction of sp³-hybridized carbons (Fsp3) is 1.00. The van der Waals surface area contributed by atoms with Crippen molar-refractivity contribution in [2.45, 2.75) is 39.5 Å². The van der Waals surface area contributed by atoms with Gasteiger partial charge >= 0.3 is 0 Å². The van der Waals surface area contributed by atoms with Crippen molar-refractivity contribution in [1.82, 2.24) is 5.32 Å². The molecule has 1 aliphatic carbocycles. The van der Waals surface area contributed by atoms with Gasteiger partial charge in [0.05, 0.1) is 6.61 Å². The van der Waals surface area contributed by atoms with Gasteiger partial charge in [-0.05, 0) is 5.41 Å². The number of alkyl halides is 2. The van der Waals surface area contributed by atoms with E-state index in [2.05, 4.69) is 26.1 Å². The van der Waals surface area contributed by atoms with Crippen LogP contribution in [0.3, 0.4) is 0 Å². The summed E-state index contributed by atoms with van der Waals surface area (Å²) in [4.78, 5) is 0. The highest BCUT2D eigenvalue weighted by atomic mass is 19.3. The minimum Gasteiger partial charge on any atom is -0.396 e. The van der Waals surface area contributed by atoms with Crippen LogP contribution in [0.2, 0.25) is 0 Å². The summed E-state index contributed by atoms with van der Waals surface area (Å²) in [6.07, 6.45) is -0.374. The van der Waals surface area contributed by atoms with Gasteiger partial charge < -0.3 is 10.4 Å². The Bertz CT molecular complexity index is 215. The third-order valence-electron chi connectivity index (χ3n) is 2.76. The number of nitrogens with one attached hydrogen (secondary N) is 1. The van der Waals surface area contributed by atoms with Gasteiger partial charge in [0.15, 0.2) is 0 Å². The molecule has 90 valence electrons. The van der Waals surface area contributed by atoms with E-state index in [0.29, 0.717) is 6.54 Å². The smallest absolute Gasteiger partial charge is 0.249 e. The van der Waals surface area contributed by atoms with Crippen LogP contribution in [0.15, 0.2) is 0 Å². The van der Waals surface area contributed by atoms with E-state index >= 15 is 0 Å². The zero-order valence-electron chi connectivity index (χ0n) is 9.74. The van der Waals surface area contributed by atoms with E-state index in [-0.39, 0.29) is 24.9 Å². The molecule has 0 radical (unpaired) electrons. The summed E-state index contributed by atoms with van der Waals surface area (Å²) in [5.41, 5.74) is -0.447. The van der Waals surface area contributed by atoms with Crippen molar-refractivity contribution in [2.75, 3.05) is 19.7 Å². The highest BCUT2D eigenvalue weighted by Gasteiger charge is 2.55. The topological polar surface area (TPSA) is 32.3 Å². The normalized spacial score (nSPS) is 23.6. The first-order chi connectivity index (χ1) is 6.68. The minimum atomic E-state index is -2.56. The summed E-state index contributed by atoms with van der Waals surface area (Å²) < 4.78 is 25.5. The highest BCUT2D eigenvalue weighted by Crippen LogP contribution is 2.51. The van der Waals surface area contributed by atoms with Gasteiger partial charge in [-0.25, -0.2) is 8.78 Å². The zero-order valence-corrected chi connectivity index (χ0v) is 9.74. The lowest BCUT2D eigenvalue weighted by molar-refractivity contribution is -0.174. The van der Waals surface area contributed by atoms with Crippen LogP contribution in [0, 0.1) is 10.8 Å². The number of aliphatic hydroxyl groups excluding tert-OH is 1. The maximum absolute atomic E-state index is 12.7. The number of hydrogen-bond acceptors (Lipinski definition) is 2. The lowest BCUT2D eigenvalue weighted by atomic mass is 9.66. The molecule has 0 spiro atoms. The summed E-state index contributed by atoms with van der Waals surface area (Å²) in [7, 11) is 0. The van der Waals surface area contributed by atoms with Crippen LogP contribution in [0.4, 0.5) is 8.78 Å². The monoisotopic (exact) mass is 221 g/mol. The maximum Gasteiger partial charge on any atom is 0.249 e. The van der Waals surface area contributed by atoms with Crippen LogP contribution in [-0.4, -0.2) is 30.7 Å². The Morgan fingerprint density at radius 3 is 2.13 bits per heavy atom. The fourth-order valence-corrected chi connectivity index (χ4v) is 2.04. The second-order valence-electron chi connectivity index (χ2n) is 6.03. The highest BCUT2D eigenvalue weighted by molar-refractivity contribution is 5.00. The molecule has 0 amide bonds. The molecule has 0 aromatic heterocycles. The van der Waals surface area contributed by atoms with Crippen molar-refractivity contribution >= 4 is 0 Å². The molecule has 0 aliphatic heterocycles. The van der Waals surface area contributed by atoms with Crippen LogP contribution in [0.5, 0.6) is 0 Å². The average molecular weight is 221 g/mol.